The monoisotopic (exact) mass is 388 g/mol. The molecule has 0 aromatic heterocycles. The van der Waals surface area contributed by atoms with Crippen molar-refractivity contribution in [3.8, 4) is 0 Å². The lowest BCUT2D eigenvalue weighted by molar-refractivity contribution is -0.232. The quantitative estimate of drug-likeness (QED) is 0.321. The average molecular weight is 388 g/mol. The van der Waals surface area contributed by atoms with Gasteiger partial charge in [0.2, 0.25) is 0 Å². The van der Waals surface area contributed by atoms with Crippen LogP contribution in [0.3, 0.4) is 0 Å². The molecule has 4 rings (SSSR count). The third-order valence-corrected chi connectivity index (χ3v) is 5.89. The van der Waals surface area contributed by atoms with Crippen molar-refractivity contribution >= 4 is 11.8 Å². The molecule has 3 fully saturated rings. The topological polar surface area (TPSA) is 106 Å². The molecule has 0 aromatic carbocycles. The number of rotatable bonds is 5. The van der Waals surface area contributed by atoms with Gasteiger partial charge in [-0.05, 0) is 49.5 Å². The molecule has 4 aliphatic rings. The molecule has 2 saturated heterocycles. The minimum Gasteiger partial charge on any atom is -0.497 e. The summed E-state index contributed by atoms with van der Waals surface area (Å²) in [6.07, 6.45) is 8.97. The fraction of sp³-hybridized carbons (Fsp3) is 0.524. The standard InChI is InChI=1S/C21H24O7/c1-11(9-13(26-2)5-6-16(23)24)8-12-4-3-7-21(25)17(12)14-10-15(22)19-20(27-19)18(14)28-21/h5-6,8-10,12,17-20,25H,3-4,7H2,1-2H3,(H,23,24)/b6-5+,11-8+,13-9-/t12-,17+,18+,19-,20+,21-/m0/s1. The largest absolute Gasteiger partial charge is 0.497 e. The van der Waals surface area contributed by atoms with Crippen molar-refractivity contribution in [3.63, 3.8) is 0 Å². The van der Waals surface area contributed by atoms with Crippen LogP contribution in [0.2, 0.25) is 0 Å². The first-order chi connectivity index (χ1) is 13.3. The molecule has 0 unspecified atom stereocenters. The lowest BCUT2D eigenvalue weighted by Gasteiger charge is -2.38. The van der Waals surface area contributed by atoms with Crippen LogP contribution in [0.4, 0.5) is 0 Å². The highest BCUT2D eigenvalue weighted by Crippen LogP contribution is 2.55. The number of hydrogen-bond acceptors (Lipinski definition) is 6. The lowest BCUT2D eigenvalue weighted by atomic mass is 9.70. The number of hydrogen-bond donors (Lipinski definition) is 2. The Morgan fingerprint density at radius 1 is 1.36 bits per heavy atom. The average Bonchev–Trinajstić information content (AvgIpc) is 3.37. The van der Waals surface area contributed by atoms with Gasteiger partial charge in [0.25, 0.3) is 0 Å². The number of ether oxygens (including phenoxy) is 3. The molecule has 28 heavy (non-hydrogen) atoms. The van der Waals surface area contributed by atoms with Crippen LogP contribution in [0, 0.1) is 11.8 Å². The first-order valence-electron chi connectivity index (χ1n) is 9.48. The molecule has 2 N–H and O–H groups in total. The SMILES string of the molecule is COC(=C\C(C)=C\[C@@H]1CCC[C@]2(O)O[C@@H]3C(=CC(=O)[C@@H]4O[C@H]34)[C@@H]12)/C=C/C(=O)O. The van der Waals surface area contributed by atoms with Crippen molar-refractivity contribution < 1.29 is 34.0 Å². The van der Waals surface area contributed by atoms with Crippen LogP contribution in [0.25, 0.3) is 0 Å². The zero-order chi connectivity index (χ0) is 20.1. The normalized spacial score (nSPS) is 39.9. The van der Waals surface area contributed by atoms with E-state index in [4.69, 9.17) is 19.3 Å². The van der Waals surface area contributed by atoms with Gasteiger partial charge >= 0.3 is 5.97 Å². The molecule has 0 radical (unpaired) electrons. The van der Waals surface area contributed by atoms with Crippen molar-refractivity contribution in [1.29, 1.82) is 0 Å². The number of allylic oxidation sites excluding steroid dienone is 4. The highest BCUT2D eigenvalue weighted by Gasteiger charge is 2.64. The van der Waals surface area contributed by atoms with Crippen LogP contribution in [0.15, 0.2) is 47.3 Å². The minimum atomic E-state index is -1.28. The van der Waals surface area contributed by atoms with Gasteiger partial charge < -0.3 is 24.4 Å². The number of aliphatic carboxylic acids is 1. The van der Waals surface area contributed by atoms with Crippen LogP contribution in [-0.2, 0) is 23.8 Å². The number of ketones is 1. The molecule has 150 valence electrons. The lowest BCUT2D eigenvalue weighted by Crippen LogP contribution is -2.42. The summed E-state index contributed by atoms with van der Waals surface area (Å²) < 4.78 is 16.7. The van der Waals surface area contributed by atoms with Crippen LogP contribution < -0.4 is 0 Å². The third kappa shape index (κ3) is 3.34. The Bertz CT molecular complexity index is 821. The van der Waals surface area contributed by atoms with Crippen molar-refractivity contribution in [2.75, 3.05) is 7.11 Å². The van der Waals surface area contributed by atoms with Gasteiger partial charge in [-0.25, -0.2) is 4.79 Å². The van der Waals surface area contributed by atoms with E-state index in [9.17, 15) is 14.7 Å². The first kappa shape index (κ1) is 19.1. The fourth-order valence-electron chi connectivity index (χ4n) is 4.73. The number of aliphatic hydroxyl groups is 1. The van der Waals surface area contributed by atoms with Crippen molar-refractivity contribution in [2.45, 2.75) is 50.3 Å². The zero-order valence-electron chi connectivity index (χ0n) is 15.8. The van der Waals surface area contributed by atoms with E-state index < -0.39 is 17.9 Å². The first-order valence-corrected chi connectivity index (χ1v) is 9.48. The molecule has 1 saturated carbocycles. The number of carbonyl (C=O) groups excluding carboxylic acids is 1. The van der Waals surface area contributed by atoms with Crippen molar-refractivity contribution in [2.24, 2.45) is 11.8 Å². The predicted molar refractivity (Wildman–Crippen MR) is 98.0 cm³/mol. The molecule has 0 spiro atoms. The maximum atomic E-state index is 12.2. The van der Waals surface area contributed by atoms with E-state index in [1.54, 1.807) is 12.2 Å². The zero-order valence-corrected chi connectivity index (χ0v) is 15.8. The van der Waals surface area contributed by atoms with Gasteiger partial charge in [0.05, 0.1) is 7.11 Å². The summed E-state index contributed by atoms with van der Waals surface area (Å²) in [6.45, 7) is 1.90. The number of carboxylic acids is 1. The van der Waals surface area contributed by atoms with E-state index in [1.165, 1.54) is 13.2 Å². The molecule has 2 heterocycles. The summed E-state index contributed by atoms with van der Waals surface area (Å²) in [4.78, 5) is 22.9. The van der Waals surface area contributed by atoms with Crippen LogP contribution in [0.5, 0.6) is 0 Å². The molecule has 2 aliphatic heterocycles. The second-order valence-corrected chi connectivity index (χ2v) is 7.82. The number of methoxy groups -OCH3 is 1. The van der Waals surface area contributed by atoms with Crippen molar-refractivity contribution in [1.82, 2.24) is 0 Å². The van der Waals surface area contributed by atoms with E-state index in [0.717, 1.165) is 30.1 Å². The summed E-state index contributed by atoms with van der Waals surface area (Å²) >= 11 is 0. The Hall–Kier alpha value is -2.22. The third-order valence-electron chi connectivity index (χ3n) is 5.89. The number of fused-ring (bicyclic) bond motifs is 5. The Kier molecular flexibility index (Phi) is 4.77. The smallest absolute Gasteiger partial charge is 0.328 e. The molecule has 2 aliphatic carbocycles. The fourth-order valence-corrected chi connectivity index (χ4v) is 4.73. The molecule has 6 atom stereocenters. The molecule has 7 heteroatoms. The van der Waals surface area contributed by atoms with Gasteiger partial charge in [-0.1, -0.05) is 11.6 Å². The van der Waals surface area contributed by atoms with Gasteiger partial charge in [0.1, 0.15) is 24.1 Å². The summed E-state index contributed by atoms with van der Waals surface area (Å²) in [5.74, 6) is -2.25. The molecule has 0 aromatic rings. The molecule has 0 amide bonds. The number of carbonyl (C=O) groups is 2. The molecular formula is C21H24O7. The number of carboxylic acid groups (broad SMARTS) is 1. The second-order valence-electron chi connectivity index (χ2n) is 7.82. The molecule has 0 bridgehead atoms. The van der Waals surface area contributed by atoms with E-state index in [2.05, 4.69) is 0 Å². The maximum Gasteiger partial charge on any atom is 0.328 e. The van der Waals surface area contributed by atoms with Gasteiger partial charge in [0, 0.05) is 18.4 Å². The van der Waals surface area contributed by atoms with Crippen molar-refractivity contribution in [3.05, 3.63) is 47.3 Å². The van der Waals surface area contributed by atoms with Gasteiger partial charge in [-0.3, -0.25) is 4.79 Å². The second kappa shape index (κ2) is 6.99. The van der Waals surface area contributed by atoms with E-state index in [-0.39, 0.29) is 29.8 Å². The Morgan fingerprint density at radius 3 is 2.86 bits per heavy atom. The van der Waals surface area contributed by atoms with Crippen LogP contribution >= 0.6 is 0 Å². The Labute approximate surface area is 163 Å². The summed E-state index contributed by atoms with van der Waals surface area (Å²) in [5, 5.41) is 19.9. The Balaban J connectivity index is 1.61. The Morgan fingerprint density at radius 2 is 2.14 bits per heavy atom. The molecule has 7 nitrogen and oxygen atoms in total. The number of epoxide rings is 1. The van der Waals surface area contributed by atoms with Crippen LogP contribution in [-0.4, -0.2) is 53.2 Å². The van der Waals surface area contributed by atoms with Crippen LogP contribution in [0.1, 0.15) is 26.2 Å². The predicted octanol–water partition coefficient (Wildman–Crippen LogP) is 1.88. The summed E-state index contributed by atoms with van der Waals surface area (Å²) in [5.41, 5.74) is 1.72. The highest BCUT2D eigenvalue weighted by molar-refractivity contribution is 5.98. The highest BCUT2D eigenvalue weighted by atomic mass is 16.7. The van der Waals surface area contributed by atoms with Gasteiger partial charge in [-0.15, -0.1) is 0 Å². The molecular weight excluding hydrogens is 364 g/mol. The summed E-state index contributed by atoms with van der Waals surface area (Å²) in [7, 11) is 1.48. The maximum absolute atomic E-state index is 12.2. The van der Waals surface area contributed by atoms with E-state index in [1.807, 2.05) is 13.0 Å². The summed E-state index contributed by atoms with van der Waals surface area (Å²) in [6, 6.07) is 0. The van der Waals surface area contributed by atoms with E-state index >= 15 is 0 Å². The van der Waals surface area contributed by atoms with Gasteiger partial charge in [0.15, 0.2) is 11.6 Å². The van der Waals surface area contributed by atoms with E-state index in [0.29, 0.717) is 12.2 Å². The van der Waals surface area contributed by atoms with Gasteiger partial charge in [-0.2, -0.15) is 0 Å². The minimum absolute atomic E-state index is 0.00379.